The fourth-order valence-electron chi connectivity index (χ4n) is 1.72. The lowest BCUT2D eigenvalue weighted by Gasteiger charge is -2.18. The highest BCUT2D eigenvalue weighted by molar-refractivity contribution is 6.00. The van der Waals surface area contributed by atoms with E-state index in [4.69, 9.17) is 4.74 Å². The van der Waals surface area contributed by atoms with Crippen molar-refractivity contribution in [3.63, 3.8) is 0 Å². The van der Waals surface area contributed by atoms with Crippen molar-refractivity contribution >= 4 is 5.78 Å². The summed E-state index contributed by atoms with van der Waals surface area (Å²) < 4.78 is 41.6. The summed E-state index contributed by atoms with van der Waals surface area (Å²) >= 11 is 0. The van der Waals surface area contributed by atoms with E-state index in [9.17, 15) is 18.0 Å². The number of alkyl halides is 3. The lowest BCUT2D eigenvalue weighted by atomic mass is 10.1. The molecule has 6 heteroatoms. The molecule has 0 aromatic heterocycles. The largest absolute Gasteiger partial charge is 0.496 e. The van der Waals surface area contributed by atoms with Crippen molar-refractivity contribution < 1.29 is 22.7 Å². The summed E-state index contributed by atoms with van der Waals surface area (Å²) in [7, 11) is 2.68. The highest BCUT2D eigenvalue weighted by Gasteiger charge is 2.30. The number of carbonyl (C=O) groups excluding carboxylic acids is 1. The third-order valence-corrected chi connectivity index (χ3v) is 2.52. The van der Waals surface area contributed by atoms with Crippen molar-refractivity contribution in [2.45, 2.75) is 13.1 Å². The number of hydrogen-bond acceptors (Lipinski definition) is 3. The molecule has 0 spiro atoms. The van der Waals surface area contributed by atoms with Gasteiger partial charge in [0.25, 0.3) is 0 Å². The maximum absolute atomic E-state index is 12.2. The molecule has 1 aromatic carbocycles. The first kappa shape index (κ1) is 15.5. The molecule has 0 amide bonds. The molecule has 0 bridgehead atoms. The van der Waals surface area contributed by atoms with E-state index >= 15 is 0 Å². The summed E-state index contributed by atoms with van der Waals surface area (Å²) in [5.41, 5.74) is 1.21. The van der Waals surface area contributed by atoms with Gasteiger partial charge in [0.15, 0.2) is 5.78 Å². The molecule has 0 saturated heterocycles. The van der Waals surface area contributed by atoms with Crippen molar-refractivity contribution in [2.24, 2.45) is 0 Å². The second kappa shape index (κ2) is 6.06. The van der Waals surface area contributed by atoms with Gasteiger partial charge in [-0.3, -0.25) is 9.69 Å². The van der Waals surface area contributed by atoms with Crippen molar-refractivity contribution in [2.75, 3.05) is 27.2 Å². The molecule has 1 rings (SSSR count). The normalized spacial score (nSPS) is 11.7. The fraction of sp³-hybridized carbons (Fsp3) is 0.462. The van der Waals surface area contributed by atoms with Crippen LogP contribution in [0.4, 0.5) is 13.2 Å². The molecule has 0 N–H and O–H groups in total. The van der Waals surface area contributed by atoms with Crippen molar-refractivity contribution in [3.05, 3.63) is 29.3 Å². The molecule has 106 valence electrons. The van der Waals surface area contributed by atoms with Gasteiger partial charge in [-0.2, -0.15) is 13.2 Å². The smallest absolute Gasteiger partial charge is 0.401 e. The molecule has 0 heterocycles. The van der Waals surface area contributed by atoms with Gasteiger partial charge in [0.1, 0.15) is 5.75 Å². The molecule has 0 atom stereocenters. The van der Waals surface area contributed by atoms with E-state index in [2.05, 4.69) is 0 Å². The number of likely N-dealkylation sites (N-methyl/N-ethyl adjacent to an activating group) is 1. The van der Waals surface area contributed by atoms with Crippen LogP contribution < -0.4 is 4.74 Å². The summed E-state index contributed by atoms with van der Waals surface area (Å²) in [5.74, 6) is -0.0194. The van der Waals surface area contributed by atoms with E-state index in [1.54, 1.807) is 18.2 Å². The van der Waals surface area contributed by atoms with Crippen LogP contribution in [0.5, 0.6) is 5.75 Å². The van der Waals surface area contributed by atoms with Crippen LogP contribution in [0.25, 0.3) is 0 Å². The number of benzene rings is 1. The number of aryl methyl sites for hydroxylation is 1. The molecule has 19 heavy (non-hydrogen) atoms. The first-order valence-electron chi connectivity index (χ1n) is 5.66. The molecule has 0 unspecified atom stereocenters. The number of nitrogens with zero attached hydrogens (tertiary/aromatic N) is 1. The van der Waals surface area contributed by atoms with E-state index in [1.165, 1.54) is 14.2 Å². The van der Waals surface area contributed by atoms with Crippen LogP contribution in [0.15, 0.2) is 18.2 Å². The van der Waals surface area contributed by atoms with Gasteiger partial charge >= 0.3 is 6.18 Å². The highest BCUT2D eigenvalue weighted by Crippen LogP contribution is 2.21. The SMILES string of the molecule is COc1cc(C)ccc1C(=O)CN(C)CC(F)(F)F. The van der Waals surface area contributed by atoms with Crippen LogP contribution >= 0.6 is 0 Å². The van der Waals surface area contributed by atoms with Crippen molar-refractivity contribution in [1.82, 2.24) is 4.90 Å². The fourth-order valence-corrected chi connectivity index (χ4v) is 1.72. The summed E-state index contributed by atoms with van der Waals surface area (Å²) in [6.45, 7) is 0.415. The van der Waals surface area contributed by atoms with Crippen LogP contribution in [-0.4, -0.2) is 44.1 Å². The maximum Gasteiger partial charge on any atom is 0.401 e. The number of rotatable bonds is 5. The summed E-state index contributed by atoms with van der Waals surface area (Å²) in [6, 6.07) is 4.97. The van der Waals surface area contributed by atoms with E-state index in [-0.39, 0.29) is 6.54 Å². The second-order valence-corrected chi connectivity index (χ2v) is 4.41. The second-order valence-electron chi connectivity index (χ2n) is 4.41. The van der Waals surface area contributed by atoms with Crippen LogP contribution in [-0.2, 0) is 0 Å². The standard InChI is InChI=1S/C13H16F3NO2/c1-9-4-5-10(12(6-9)19-3)11(18)7-17(2)8-13(14,15)16/h4-6H,7-8H2,1-3H3. The van der Waals surface area contributed by atoms with E-state index < -0.39 is 18.5 Å². The zero-order valence-electron chi connectivity index (χ0n) is 11.0. The minimum Gasteiger partial charge on any atom is -0.496 e. The van der Waals surface area contributed by atoms with E-state index in [0.717, 1.165) is 10.5 Å². The number of hydrogen-bond donors (Lipinski definition) is 0. The number of ketones is 1. The molecule has 0 aliphatic carbocycles. The zero-order valence-corrected chi connectivity index (χ0v) is 11.0. The highest BCUT2D eigenvalue weighted by atomic mass is 19.4. The monoisotopic (exact) mass is 275 g/mol. The van der Waals surface area contributed by atoms with Gasteiger partial charge < -0.3 is 4.74 Å². The molecule has 0 radical (unpaired) electrons. The molecular formula is C13H16F3NO2. The number of Topliss-reactive ketones (excluding diaryl/α,β-unsaturated/α-hetero) is 1. The van der Waals surface area contributed by atoms with Gasteiger partial charge in [-0.05, 0) is 31.7 Å². The first-order valence-corrected chi connectivity index (χ1v) is 5.66. The first-order chi connectivity index (χ1) is 8.73. The topological polar surface area (TPSA) is 29.5 Å². The Morgan fingerprint density at radius 2 is 2.00 bits per heavy atom. The molecule has 0 saturated carbocycles. The summed E-state index contributed by atoms with van der Waals surface area (Å²) in [4.78, 5) is 12.9. The van der Waals surface area contributed by atoms with Gasteiger partial charge in [0.05, 0.1) is 25.8 Å². The molecule has 0 fully saturated rings. The Morgan fingerprint density at radius 3 is 2.53 bits per heavy atom. The van der Waals surface area contributed by atoms with Gasteiger partial charge in [0, 0.05) is 0 Å². The maximum atomic E-state index is 12.2. The van der Waals surface area contributed by atoms with Crippen molar-refractivity contribution in [3.8, 4) is 5.75 Å². The molecule has 0 aliphatic rings. The predicted octanol–water partition coefficient (Wildman–Crippen LogP) is 2.68. The minimum absolute atomic E-state index is 0.294. The number of carbonyl (C=O) groups is 1. The van der Waals surface area contributed by atoms with Gasteiger partial charge in [-0.25, -0.2) is 0 Å². The van der Waals surface area contributed by atoms with E-state index in [1.807, 2.05) is 6.92 Å². The molecular weight excluding hydrogens is 259 g/mol. The van der Waals surface area contributed by atoms with Crippen LogP contribution in [0.3, 0.4) is 0 Å². The lowest BCUT2D eigenvalue weighted by molar-refractivity contribution is -0.141. The lowest BCUT2D eigenvalue weighted by Crippen LogP contribution is -2.34. The minimum atomic E-state index is -4.31. The molecule has 1 aromatic rings. The van der Waals surface area contributed by atoms with Gasteiger partial charge in [-0.15, -0.1) is 0 Å². The Bertz CT molecular complexity index is 458. The summed E-state index contributed by atoms with van der Waals surface area (Å²) in [5, 5.41) is 0. The zero-order chi connectivity index (χ0) is 14.6. The third-order valence-electron chi connectivity index (χ3n) is 2.52. The van der Waals surface area contributed by atoms with Crippen LogP contribution in [0.2, 0.25) is 0 Å². The Kier molecular flexibility index (Phi) is 4.94. The number of halogens is 3. The van der Waals surface area contributed by atoms with E-state index in [0.29, 0.717) is 11.3 Å². The third kappa shape index (κ3) is 4.90. The van der Waals surface area contributed by atoms with Crippen molar-refractivity contribution in [1.29, 1.82) is 0 Å². The molecule has 0 aliphatic heterocycles. The predicted molar refractivity (Wildman–Crippen MR) is 65.6 cm³/mol. The summed E-state index contributed by atoms with van der Waals surface area (Å²) in [6.07, 6.45) is -4.31. The Balaban J connectivity index is 2.78. The Morgan fingerprint density at radius 1 is 1.37 bits per heavy atom. The van der Waals surface area contributed by atoms with Gasteiger partial charge in [-0.1, -0.05) is 6.07 Å². The average Bonchev–Trinajstić information content (AvgIpc) is 2.25. The Hall–Kier alpha value is -1.56. The van der Waals surface area contributed by atoms with Crippen LogP contribution in [0.1, 0.15) is 15.9 Å². The van der Waals surface area contributed by atoms with Gasteiger partial charge in [0.2, 0.25) is 0 Å². The quantitative estimate of drug-likeness (QED) is 0.774. The number of methoxy groups -OCH3 is 1. The average molecular weight is 275 g/mol. The number of ether oxygens (including phenoxy) is 1. The Labute approximate surface area is 110 Å². The van der Waals surface area contributed by atoms with Crippen LogP contribution in [0, 0.1) is 6.92 Å². The molecule has 3 nitrogen and oxygen atoms in total.